The third kappa shape index (κ3) is 3.28. The molecule has 0 aromatic heterocycles. The zero-order valence-corrected chi connectivity index (χ0v) is 11.8. The lowest BCUT2D eigenvalue weighted by molar-refractivity contribution is -0.123. The second-order valence-electron chi connectivity index (χ2n) is 5.63. The summed E-state index contributed by atoms with van der Waals surface area (Å²) in [5, 5.41) is 0. The number of amides is 2. The molecule has 0 spiro atoms. The molecular formula is C11H20N2O3S. The fourth-order valence-corrected chi connectivity index (χ4v) is 2.87. The Balaban J connectivity index is 2.85. The second-order valence-corrected chi connectivity index (χ2v) is 7.23. The number of primary amides is 1. The van der Waals surface area contributed by atoms with Crippen LogP contribution in [0.5, 0.6) is 0 Å². The third-order valence-electron chi connectivity index (χ3n) is 2.44. The maximum absolute atomic E-state index is 11.9. The van der Waals surface area contributed by atoms with Crippen LogP contribution in [0.2, 0.25) is 0 Å². The van der Waals surface area contributed by atoms with Gasteiger partial charge in [0.05, 0.1) is 5.88 Å². The van der Waals surface area contributed by atoms with E-state index in [9.17, 15) is 9.59 Å². The van der Waals surface area contributed by atoms with Crippen LogP contribution in [0, 0.1) is 0 Å². The molecule has 0 aliphatic carbocycles. The van der Waals surface area contributed by atoms with Crippen molar-refractivity contribution < 1.29 is 14.3 Å². The van der Waals surface area contributed by atoms with E-state index in [1.54, 1.807) is 20.8 Å². The quantitative estimate of drug-likeness (QED) is 0.776. The minimum atomic E-state index is -0.623. The molecular weight excluding hydrogens is 240 g/mol. The molecule has 1 saturated heterocycles. The topological polar surface area (TPSA) is 72.6 Å². The van der Waals surface area contributed by atoms with Crippen LogP contribution in [0.1, 0.15) is 34.6 Å². The fraction of sp³-hybridized carbons (Fsp3) is 0.818. The molecule has 1 fully saturated rings. The van der Waals surface area contributed by atoms with Crippen molar-refractivity contribution in [3.63, 3.8) is 0 Å². The van der Waals surface area contributed by atoms with Crippen molar-refractivity contribution in [1.29, 1.82) is 0 Å². The molecule has 5 nitrogen and oxygen atoms in total. The van der Waals surface area contributed by atoms with Gasteiger partial charge in [0.25, 0.3) is 0 Å². The van der Waals surface area contributed by atoms with Gasteiger partial charge in [-0.2, -0.15) is 0 Å². The maximum atomic E-state index is 11.9. The van der Waals surface area contributed by atoms with Gasteiger partial charge in [-0.05, 0) is 34.6 Å². The van der Waals surface area contributed by atoms with Crippen molar-refractivity contribution in [3.05, 3.63) is 0 Å². The average Bonchev–Trinajstić information content (AvgIpc) is 2.37. The van der Waals surface area contributed by atoms with E-state index in [-0.39, 0.29) is 4.75 Å². The van der Waals surface area contributed by atoms with E-state index in [1.807, 2.05) is 13.8 Å². The largest absolute Gasteiger partial charge is 0.444 e. The summed E-state index contributed by atoms with van der Waals surface area (Å²) in [5.74, 6) is -0.0685. The van der Waals surface area contributed by atoms with Crippen LogP contribution in [0.4, 0.5) is 4.79 Å². The standard InChI is InChI=1S/C11H20N2O3S/c1-10(2,3)16-9(15)13-6-17-11(4,5)7(13)8(12)14/h7H,6H2,1-5H3,(H2,12,14)/t7-/m1/s1. The Hall–Kier alpha value is -0.910. The third-order valence-corrected chi connectivity index (χ3v) is 3.82. The number of hydrogen-bond donors (Lipinski definition) is 1. The predicted octanol–water partition coefficient (Wildman–Crippen LogP) is 1.56. The van der Waals surface area contributed by atoms with Crippen molar-refractivity contribution in [3.8, 4) is 0 Å². The lowest BCUT2D eigenvalue weighted by atomic mass is 10.0. The summed E-state index contributed by atoms with van der Waals surface area (Å²) in [6.45, 7) is 9.17. The molecule has 0 unspecified atom stereocenters. The maximum Gasteiger partial charge on any atom is 0.411 e. The summed E-state index contributed by atoms with van der Waals surface area (Å²) >= 11 is 1.52. The molecule has 1 heterocycles. The van der Waals surface area contributed by atoms with Crippen molar-refractivity contribution in [2.24, 2.45) is 5.73 Å². The highest BCUT2D eigenvalue weighted by Gasteiger charge is 2.48. The van der Waals surface area contributed by atoms with Crippen LogP contribution in [0.25, 0.3) is 0 Å². The molecule has 2 amide bonds. The van der Waals surface area contributed by atoms with Gasteiger partial charge in [0.15, 0.2) is 0 Å². The van der Waals surface area contributed by atoms with Crippen LogP contribution >= 0.6 is 11.8 Å². The Morgan fingerprint density at radius 1 is 1.41 bits per heavy atom. The summed E-state index contributed by atoms with van der Waals surface area (Å²) in [6, 6.07) is -0.623. The number of hydrogen-bond acceptors (Lipinski definition) is 4. The molecule has 6 heteroatoms. The number of thioether (sulfide) groups is 1. The average molecular weight is 260 g/mol. The van der Waals surface area contributed by atoms with Gasteiger partial charge >= 0.3 is 6.09 Å². The van der Waals surface area contributed by atoms with Crippen molar-refractivity contribution >= 4 is 23.8 Å². The van der Waals surface area contributed by atoms with Gasteiger partial charge in [-0.1, -0.05) is 0 Å². The second kappa shape index (κ2) is 4.40. The normalized spacial score (nSPS) is 23.6. The Morgan fingerprint density at radius 3 is 2.35 bits per heavy atom. The first-order valence-corrected chi connectivity index (χ1v) is 6.46. The van der Waals surface area contributed by atoms with Gasteiger partial charge in [-0.25, -0.2) is 4.79 Å². The molecule has 0 radical (unpaired) electrons. The predicted molar refractivity (Wildman–Crippen MR) is 67.6 cm³/mol. The van der Waals surface area contributed by atoms with Crippen molar-refractivity contribution in [2.75, 3.05) is 5.88 Å². The van der Waals surface area contributed by atoms with Crippen molar-refractivity contribution in [2.45, 2.75) is 51.0 Å². The molecule has 0 aromatic rings. The number of rotatable bonds is 1. The van der Waals surface area contributed by atoms with Crippen LogP contribution in [-0.4, -0.2) is 39.2 Å². The Kier molecular flexibility index (Phi) is 3.66. The van der Waals surface area contributed by atoms with E-state index < -0.39 is 23.6 Å². The zero-order chi connectivity index (χ0) is 13.4. The Bertz CT molecular complexity index is 336. The minimum absolute atomic E-state index is 0.372. The smallest absolute Gasteiger partial charge is 0.411 e. The molecule has 1 aliphatic heterocycles. The first-order valence-electron chi connectivity index (χ1n) is 5.47. The number of nitrogens with two attached hydrogens (primary N) is 1. The first kappa shape index (κ1) is 14.2. The van der Waals surface area contributed by atoms with E-state index in [1.165, 1.54) is 16.7 Å². The van der Waals surface area contributed by atoms with Gasteiger partial charge in [-0.15, -0.1) is 11.8 Å². The molecule has 0 aromatic carbocycles. The van der Waals surface area contributed by atoms with Crippen molar-refractivity contribution in [1.82, 2.24) is 4.90 Å². The first-order chi connectivity index (χ1) is 7.54. The van der Waals surface area contributed by atoms with Crippen LogP contribution in [-0.2, 0) is 9.53 Å². The zero-order valence-electron chi connectivity index (χ0n) is 10.9. The fourth-order valence-electron chi connectivity index (χ4n) is 1.74. The van der Waals surface area contributed by atoms with Gasteiger partial charge in [0.1, 0.15) is 11.6 Å². The SMILES string of the molecule is CC(C)(C)OC(=O)N1CSC(C)(C)[C@H]1C(N)=O. The van der Waals surface area contributed by atoms with Crippen LogP contribution in [0.3, 0.4) is 0 Å². The molecule has 98 valence electrons. The highest BCUT2D eigenvalue weighted by molar-refractivity contribution is 8.00. The summed E-state index contributed by atoms with van der Waals surface area (Å²) < 4.78 is 4.89. The van der Waals surface area contributed by atoms with E-state index in [0.717, 1.165) is 0 Å². The minimum Gasteiger partial charge on any atom is -0.444 e. The number of nitrogens with zero attached hydrogens (tertiary/aromatic N) is 1. The van der Waals surface area contributed by atoms with E-state index in [4.69, 9.17) is 10.5 Å². The van der Waals surface area contributed by atoms with Gasteiger partial charge in [0, 0.05) is 4.75 Å². The molecule has 0 saturated carbocycles. The summed E-state index contributed by atoms with van der Waals surface area (Å²) in [7, 11) is 0. The van der Waals surface area contributed by atoms with Gasteiger partial charge in [-0.3, -0.25) is 9.69 Å². The van der Waals surface area contributed by atoms with E-state index in [2.05, 4.69) is 0 Å². The molecule has 1 aliphatic rings. The van der Waals surface area contributed by atoms with E-state index in [0.29, 0.717) is 5.88 Å². The summed E-state index contributed by atoms with van der Waals surface area (Å²) in [6.07, 6.45) is -0.487. The number of carbonyl (C=O) groups excluding carboxylic acids is 2. The Labute approximate surface area is 106 Å². The lowest BCUT2D eigenvalue weighted by Gasteiger charge is -2.30. The highest BCUT2D eigenvalue weighted by Crippen LogP contribution is 2.39. The molecule has 0 bridgehead atoms. The molecule has 1 atom stereocenters. The van der Waals surface area contributed by atoms with Crippen LogP contribution in [0.15, 0.2) is 0 Å². The van der Waals surface area contributed by atoms with Gasteiger partial charge < -0.3 is 10.5 Å². The highest BCUT2D eigenvalue weighted by atomic mass is 32.2. The van der Waals surface area contributed by atoms with E-state index >= 15 is 0 Å². The Morgan fingerprint density at radius 2 is 1.94 bits per heavy atom. The molecule has 17 heavy (non-hydrogen) atoms. The summed E-state index contributed by atoms with van der Waals surface area (Å²) in [5.41, 5.74) is 4.79. The number of carbonyl (C=O) groups is 2. The monoisotopic (exact) mass is 260 g/mol. The molecule has 2 N–H and O–H groups in total. The van der Waals surface area contributed by atoms with Crippen LogP contribution < -0.4 is 5.73 Å². The van der Waals surface area contributed by atoms with Gasteiger partial charge in [0.2, 0.25) is 5.91 Å². The summed E-state index contributed by atoms with van der Waals surface area (Å²) in [4.78, 5) is 24.8. The number of ether oxygens (including phenoxy) is 1. The lowest BCUT2D eigenvalue weighted by Crippen LogP contribution is -2.52. The molecule has 1 rings (SSSR count).